The molecule has 0 spiro atoms. The first kappa shape index (κ1) is 18.9. The van der Waals surface area contributed by atoms with Crippen LogP contribution in [0.1, 0.15) is 29.0 Å². The van der Waals surface area contributed by atoms with Crippen LogP contribution in [0.5, 0.6) is 5.75 Å². The van der Waals surface area contributed by atoms with Gasteiger partial charge in [0, 0.05) is 25.4 Å². The number of nitrogens with two attached hydrogens (primary N) is 1. The maximum atomic E-state index is 12.8. The molecule has 9 heteroatoms. The lowest BCUT2D eigenvalue weighted by Crippen LogP contribution is -2.36. The van der Waals surface area contributed by atoms with Gasteiger partial charge in [0.2, 0.25) is 0 Å². The molecule has 0 aliphatic carbocycles. The summed E-state index contributed by atoms with van der Waals surface area (Å²) in [5.41, 5.74) is 4.45. The van der Waals surface area contributed by atoms with Crippen LogP contribution in [0.25, 0.3) is 0 Å². The molecule has 1 aliphatic rings. The molecule has 144 valence electrons. The van der Waals surface area contributed by atoms with Gasteiger partial charge in [-0.1, -0.05) is 6.07 Å². The quantitative estimate of drug-likeness (QED) is 0.863. The second-order valence-electron chi connectivity index (χ2n) is 6.36. The van der Waals surface area contributed by atoms with E-state index in [1.807, 2.05) is 4.90 Å². The van der Waals surface area contributed by atoms with Crippen LogP contribution < -0.4 is 15.4 Å². The van der Waals surface area contributed by atoms with Crippen molar-refractivity contribution in [1.29, 1.82) is 0 Å². The molecule has 3 heterocycles. The molecule has 1 aliphatic heterocycles. The molecule has 0 aromatic carbocycles. The van der Waals surface area contributed by atoms with E-state index < -0.39 is 17.8 Å². The van der Waals surface area contributed by atoms with Crippen molar-refractivity contribution in [2.45, 2.75) is 19.0 Å². The fraction of sp³-hybridized carbons (Fsp3) is 0.389. The summed E-state index contributed by atoms with van der Waals surface area (Å²) in [4.78, 5) is 20.6. The number of piperidine rings is 1. The van der Waals surface area contributed by atoms with Crippen LogP contribution in [0.15, 0.2) is 36.5 Å². The van der Waals surface area contributed by atoms with Crippen LogP contribution in [-0.2, 0) is 6.18 Å². The van der Waals surface area contributed by atoms with Crippen molar-refractivity contribution in [1.82, 2.24) is 9.97 Å². The Morgan fingerprint density at radius 2 is 2.00 bits per heavy atom. The summed E-state index contributed by atoms with van der Waals surface area (Å²) in [5.74, 6) is 0.491. The Labute approximate surface area is 154 Å². The number of anilines is 1. The Hall–Kier alpha value is -2.84. The van der Waals surface area contributed by atoms with Gasteiger partial charge in [0.15, 0.2) is 0 Å². The lowest BCUT2D eigenvalue weighted by Gasteiger charge is -2.33. The molecule has 0 unspecified atom stereocenters. The molecule has 0 radical (unpaired) electrons. The number of pyridine rings is 2. The molecule has 2 N–H and O–H groups in total. The number of carbonyl (C=O) groups is 1. The topological polar surface area (TPSA) is 81.3 Å². The van der Waals surface area contributed by atoms with E-state index in [0.717, 1.165) is 18.9 Å². The van der Waals surface area contributed by atoms with Gasteiger partial charge in [-0.15, -0.1) is 0 Å². The summed E-state index contributed by atoms with van der Waals surface area (Å²) in [6.45, 7) is 1.66. The van der Waals surface area contributed by atoms with Gasteiger partial charge in [-0.3, -0.25) is 9.78 Å². The van der Waals surface area contributed by atoms with Gasteiger partial charge < -0.3 is 15.4 Å². The van der Waals surface area contributed by atoms with Gasteiger partial charge in [0.05, 0.1) is 6.61 Å². The maximum Gasteiger partial charge on any atom is 0.433 e. The molecule has 0 atom stereocenters. The van der Waals surface area contributed by atoms with Crippen molar-refractivity contribution in [3.8, 4) is 5.75 Å². The Balaban J connectivity index is 1.54. The van der Waals surface area contributed by atoms with Crippen LogP contribution in [-0.4, -0.2) is 35.6 Å². The van der Waals surface area contributed by atoms with Gasteiger partial charge in [0.1, 0.15) is 23.0 Å². The maximum absolute atomic E-state index is 12.8. The lowest BCUT2D eigenvalue weighted by molar-refractivity contribution is -0.141. The molecule has 1 fully saturated rings. The van der Waals surface area contributed by atoms with Crippen LogP contribution in [0.3, 0.4) is 0 Å². The summed E-state index contributed by atoms with van der Waals surface area (Å²) in [6, 6.07) is 7.08. The average Bonchev–Trinajstić information content (AvgIpc) is 2.66. The van der Waals surface area contributed by atoms with E-state index in [4.69, 9.17) is 10.5 Å². The van der Waals surface area contributed by atoms with Crippen molar-refractivity contribution in [3.63, 3.8) is 0 Å². The number of halogens is 3. The fourth-order valence-electron chi connectivity index (χ4n) is 2.94. The fourth-order valence-corrected chi connectivity index (χ4v) is 2.94. The Morgan fingerprint density at radius 3 is 2.67 bits per heavy atom. The monoisotopic (exact) mass is 380 g/mol. The molecular weight excluding hydrogens is 361 g/mol. The number of amides is 1. The molecule has 6 nitrogen and oxygen atoms in total. The van der Waals surface area contributed by atoms with E-state index in [2.05, 4.69) is 9.97 Å². The molecule has 2 aromatic heterocycles. The van der Waals surface area contributed by atoms with Crippen molar-refractivity contribution in [2.75, 3.05) is 24.6 Å². The Kier molecular flexibility index (Phi) is 5.48. The summed E-state index contributed by atoms with van der Waals surface area (Å²) < 4.78 is 44.1. The summed E-state index contributed by atoms with van der Waals surface area (Å²) in [6.07, 6.45) is -1.45. The molecule has 3 rings (SSSR count). The number of hydrogen-bond donors (Lipinski definition) is 1. The van der Waals surface area contributed by atoms with Crippen molar-refractivity contribution >= 4 is 11.7 Å². The lowest BCUT2D eigenvalue weighted by atomic mass is 9.98. The van der Waals surface area contributed by atoms with E-state index in [0.29, 0.717) is 31.3 Å². The van der Waals surface area contributed by atoms with Crippen LogP contribution in [0.4, 0.5) is 19.0 Å². The summed E-state index contributed by atoms with van der Waals surface area (Å²) >= 11 is 0. The summed E-state index contributed by atoms with van der Waals surface area (Å²) in [7, 11) is 0. The molecule has 1 amide bonds. The third-order valence-electron chi connectivity index (χ3n) is 4.43. The largest absolute Gasteiger partial charge is 0.493 e. The number of aromatic nitrogens is 2. The predicted octanol–water partition coefficient (Wildman–Crippen LogP) is 2.89. The van der Waals surface area contributed by atoms with E-state index in [1.165, 1.54) is 18.3 Å². The number of nitrogens with zero attached hydrogens (tertiary/aromatic N) is 3. The highest BCUT2D eigenvalue weighted by Crippen LogP contribution is 2.30. The van der Waals surface area contributed by atoms with E-state index in [1.54, 1.807) is 12.1 Å². The number of carbonyl (C=O) groups excluding carboxylic acids is 1. The zero-order valence-electron chi connectivity index (χ0n) is 14.4. The standard InChI is InChI=1S/C18H19F3N4O2/c19-18(20,21)15-2-1-3-16(24-15)25-8-5-12(6-9-25)11-27-13-4-7-23-14(10-13)17(22)26/h1-4,7,10,12H,5-6,8-9,11H2,(H2,22,26). The summed E-state index contributed by atoms with van der Waals surface area (Å²) in [5, 5.41) is 0. The highest BCUT2D eigenvalue weighted by molar-refractivity contribution is 5.91. The molecule has 0 saturated carbocycles. The predicted molar refractivity (Wildman–Crippen MR) is 92.4 cm³/mol. The highest BCUT2D eigenvalue weighted by atomic mass is 19.4. The van der Waals surface area contributed by atoms with Crippen LogP contribution in [0.2, 0.25) is 0 Å². The molecule has 1 saturated heterocycles. The number of hydrogen-bond acceptors (Lipinski definition) is 5. The number of primary amides is 1. The first-order chi connectivity index (χ1) is 12.8. The van der Waals surface area contributed by atoms with Crippen molar-refractivity contribution in [2.24, 2.45) is 11.7 Å². The normalized spacial score (nSPS) is 15.6. The number of alkyl halides is 3. The van der Waals surface area contributed by atoms with Crippen molar-refractivity contribution < 1.29 is 22.7 Å². The second-order valence-corrected chi connectivity index (χ2v) is 6.36. The average molecular weight is 380 g/mol. The van der Waals surface area contributed by atoms with Crippen LogP contribution >= 0.6 is 0 Å². The van der Waals surface area contributed by atoms with Crippen LogP contribution in [0, 0.1) is 5.92 Å². The number of ether oxygens (including phenoxy) is 1. The van der Waals surface area contributed by atoms with Gasteiger partial charge in [-0.2, -0.15) is 13.2 Å². The van der Waals surface area contributed by atoms with Gasteiger partial charge >= 0.3 is 6.18 Å². The molecular formula is C18H19F3N4O2. The van der Waals surface area contributed by atoms with E-state index >= 15 is 0 Å². The minimum atomic E-state index is -4.45. The Bertz CT molecular complexity index is 805. The first-order valence-corrected chi connectivity index (χ1v) is 8.51. The second kappa shape index (κ2) is 7.81. The zero-order chi connectivity index (χ0) is 19.4. The third kappa shape index (κ3) is 4.87. The molecule has 2 aromatic rings. The SMILES string of the molecule is NC(=O)c1cc(OCC2CCN(c3cccc(C(F)(F)F)n3)CC2)ccn1. The van der Waals surface area contributed by atoms with E-state index in [-0.39, 0.29) is 11.6 Å². The minimum absolute atomic E-state index is 0.137. The minimum Gasteiger partial charge on any atom is -0.493 e. The van der Waals surface area contributed by atoms with Gasteiger partial charge in [0.25, 0.3) is 5.91 Å². The van der Waals surface area contributed by atoms with Crippen molar-refractivity contribution in [3.05, 3.63) is 47.9 Å². The first-order valence-electron chi connectivity index (χ1n) is 8.51. The van der Waals surface area contributed by atoms with Gasteiger partial charge in [-0.05, 0) is 37.0 Å². The Morgan fingerprint density at radius 1 is 1.26 bits per heavy atom. The zero-order valence-corrected chi connectivity index (χ0v) is 14.4. The molecule has 27 heavy (non-hydrogen) atoms. The smallest absolute Gasteiger partial charge is 0.433 e. The third-order valence-corrected chi connectivity index (χ3v) is 4.43. The number of rotatable bonds is 5. The van der Waals surface area contributed by atoms with Gasteiger partial charge in [-0.25, -0.2) is 4.98 Å². The van der Waals surface area contributed by atoms with E-state index in [9.17, 15) is 18.0 Å². The molecule has 0 bridgehead atoms. The highest BCUT2D eigenvalue weighted by Gasteiger charge is 2.33.